The number of carbonyl (C=O) groups is 1. The number of fused-ring (bicyclic) bond motifs is 1. The maximum atomic E-state index is 12.8. The first-order chi connectivity index (χ1) is 20.5. The number of carbonyl (C=O) groups excluding carboxylic acids is 1. The van der Waals surface area contributed by atoms with Crippen LogP contribution in [0.4, 0.5) is 16.2 Å². The predicted octanol–water partition coefficient (Wildman–Crippen LogP) is 10.3. The standard InChI is InChI=1S/C36H52N2O4/c1-4-7-8-9-10-11-12-13-14-15-16-17-18-19-26-41-36(40)37-31-23-20-29(21-24-31)33-27-30-22-25-32(38(5-2)6-3)28-34(30)42-35(33)39/h20-25,27-28H,4-19,26H2,1-3H3,(H,37,40). The largest absolute Gasteiger partial charge is 0.449 e. The third kappa shape index (κ3) is 11.2. The van der Waals surface area contributed by atoms with Gasteiger partial charge in [0, 0.05) is 35.9 Å². The lowest BCUT2D eigenvalue weighted by molar-refractivity contribution is 0.159. The van der Waals surface area contributed by atoms with Crippen LogP contribution in [0.3, 0.4) is 0 Å². The Hall–Kier alpha value is -3.28. The average molecular weight is 577 g/mol. The van der Waals surface area contributed by atoms with Crippen molar-refractivity contribution in [2.75, 3.05) is 29.9 Å². The van der Waals surface area contributed by atoms with Gasteiger partial charge in [0.15, 0.2) is 0 Å². The Bertz CT molecular complexity index is 1250. The lowest BCUT2D eigenvalue weighted by Crippen LogP contribution is -2.21. The van der Waals surface area contributed by atoms with Crippen molar-refractivity contribution in [3.63, 3.8) is 0 Å². The molecule has 230 valence electrons. The molecule has 0 atom stereocenters. The molecule has 0 unspecified atom stereocenters. The number of unbranched alkanes of at least 4 members (excludes halogenated alkanes) is 13. The van der Waals surface area contributed by atoms with Gasteiger partial charge in [-0.25, -0.2) is 9.59 Å². The molecule has 3 aromatic rings. The lowest BCUT2D eigenvalue weighted by Gasteiger charge is -2.21. The first-order valence-electron chi connectivity index (χ1n) is 16.4. The summed E-state index contributed by atoms with van der Waals surface area (Å²) in [7, 11) is 0. The van der Waals surface area contributed by atoms with Gasteiger partial charge in [-0.1, -0.05) is 103 Å². The molecule has 0 aliphatic carbocycles. The molecule has 3 rings (SSSR count). The summed E-state index contributed by atoms with van der Waals surface area (Å²) < 4.78 is 11.0. The third-order valence-electron chi connectivity index (χ3n) is 8.02. The summed E-state index contributed by atoms with van der Waals surface area (Å²) in [6.45, 7) is 8.67. The molecule has 2 aromatic carbocycles. The first kappa shape index (κ1) is 33.2. The average Bonchev–Trinajstić information content (AvgIpc) is 3.00. The van der Waals surface area contributed by atoms with Gasteiger partial charge >= 0.3 is 11.7 Å². The molecule has 0 fully saturated rings. The van der Waals surface area contributed by atoms with Crippen molar-refractivity contribution in [3.8, 4) is 11.1 Å². The van der Waals surface area contributed by atoms with Crippen molar-refractivity contribution < 1.29 is 13.9 Å². The van der Waals surface area contributed by atoms with Crippen LogP contribution in [-0.4, -0.2) is 25.8 Å². The normalized spacial score (nSPS) is 11.1. The Morgan fingerprint density at radius 2 is 1.31 bits per heavy atom. The number of benzene rings is 2. The zero-order chi connectivity index (χ0) is 30.0. The highest BCUT2D eigenvalue weighted by molar-refractivity contribution is 5.86. The van der Waals surface area contributed by atoms with E-state index in [0.29, 0.717) is 23.4 Å². The molecule has 1 aromatic heterocycles. The van der Waals surface area contributed by atoms with E-state index >= 15 is 0 Å². The fourth-order valence-corrected chi connectivity index (χ4v) is 5.44. The third-order valence-corrected chi connectivity index (χ3v) is 8.02. The number of hydrogen-bond donors (Lipinski definition) is 1. The summed E-state index contributed by atoms with van der Waals surface area (Å²) in [5, 5.41) is 3.65. The van der Waals surface area contributed by atoms with Crippen LogP contribution in [-0.2, 0) is 4.74 Å². The number of anilines is 2. The second-order valence-electron chi connectivity index (χ2n) is 11.3. The molecule has 6 nitrogen and oxygen atoms in total. The molecule has 0 saturated heterocycles. The number of amides is 1. The molecule has 0 radical (unpaired) electrons. The number of rotatable bonds is 20. The monoisotopic (exact) mass is 576 g/mol. The molecular formula is C36H52N2O4. The molecule has 1 N–H and O–H groups in total. The van der Waals surface area contributed by atoms with E-state index in [1.165, 1.54) is 77.0 Å². The van der Waals surface area contributed by atoms with E-state index in [1.54, 1.807) is 12.1 Å². The number of nitrogens with zero attached hydrogens (tertiary/aromatic N) is 1. The minimum Gasteiger partial charge on any atom is -0.449 e. The zero-order valence-electron chi connectivity index (χ0n) is 26.2. The van der Waals surface area contributed by atoms with E-state index in [-0.39, 0.29) is 5.63 Å². The van der Waals surface area contributed by atoms with E-state index in [4.69, 9.17) is 9.15 Å². The van der Waals surface area contributed by atoms with Gasteiger partial charge in [-0.15, -0.1) is 0 Å². The molecule has 0 bridgehead atoms. The van der Waals surface area contributed by atoms with Crippen molar-refractivity contribution in [1.82, 2.24) is 0 Å². The SMILES string of the molecule is CCCCCCCCCCCCCCCCOC(=O)Nc1ccc(-c2cc3ccc(N(CC)CC)cc3oc2=O)cc1. The highest BCUT2D eigenvalue weighted by atomic mass is 16.5. The Labute approximate surface area is 252 Å². The Morgan fingerprint density at radius 1 is 0.738 bits per heavy atom. The van der Waals surface area contributed by atoms with E-state index in [9.17, 15) is 9.59 Å². The van der Waals surface area contributed by atoms with Crippen molar-refractivity contribution in [1.29, 1.82) is 0 Å². The maximum Gasteiger partial charge on any atom is 0.411 e. The van der Waals surface area contributed by atoms with E-state index in [0.717, 1.165) is 42.6 Å². The van der Waals surface area contributed by atoms with Crippen molar-refractivity contribution in [2.45, 2.75) is 111 Å². The van der Waals surface area contributed by atoms with Crippen LogP contribution in [0, 0.1) is 0 Å². The van der Waals surface area contributed by atoms with Gasteiger partial charge in [-0.05, 0) is 56.2 Å². The van der Waals surface area contributed by atoms with E-state index in [1.807, 2.05) is 30.3 Å². The van der Waals surface area contributed by atoms with Crippen LogP contribution in [0.5, 0.6) is 0 Å². The fourth-order valence-electron chi connectivity index (χ4n) is 5.44. The van der Waals surface area contributed by atoms with Crippen LogP contribution >= 0.6 is 0 Å². The molecule has 0 aliphatic heterocycles. The summed E-state index contributed by atoms with van der Waals surface area (Å²) >= 11 is 0. The van der Waals surface area contributed by atoms with Gasteiger partial charge in [0.05, 0.1) is 12.2 Å². The second kappa shape index (κ2) is 19.0. The number of nitrogens with one attached hydrogen (secondary N) is 1. The van der Waals surface area contributed by atoms with Gasteiger partial charge in [-0.3, -0.25) is 5.32 Å². The minimum absolute atomic E-state index is 0.382. The van der Waals surface area contributed by atoms with E-state index in [2.05, 4.69) is 37.1 Å². The summed E-state index contributed by atoms with van der Waals surface area (Å²) in [5.41, 5.74) is 3.08. The van der Waals surface area contributed by atoms with Crippen LogP contribution in [0.2, 0.25) is 0 Å². The Kier molecular flexibility index (Phi) is 15.0. The first-order valence-corrected chi connectivity index (χ1v) is 16.4. The maximum absolute atomic E-state index is 12.8. The van der Waals surface area contributed by atoms with Crippen LogP contribution in [0.15, 0.2) is 57.7 Å². The highest BCUT2D eigenvalue weighted by Crippen LogP contribution is 2.26. The van der Waals surface area contributed by atoms with E-state index < -0.39 is 6.09 Å². The molecule has 1 amide bonds. The number of ether oxygens (including phenoxy) is 1. The molecule has 0 aliphatic rings. The molecule has 42 heavy (non-hydrogen) atoms. The zero-order valence-corrected chi connectivity index (χ0v) is 26.2. The Morgan fingerprint density at radius 3 is 1.88 bits per heavy atom. The molecule has 1 heterocycles. The van der Waals surface area contributed by atoms with Gasteiger partial charge in [0.25, 0.3) is 0 Å². The predicted molar refractivity (Wildman–Crippen MR) is 177 cm³/mol. The fraction of sp³-hybridized carbons (Fsp3) is 0.556. The summed E-state index contributed by atoms with van der Waals surface area (Å²) in [4.78, 5) is 27.2. The molecule has 6 heteroatoms. The van der Waals surface area contributed by atoms with Gasteiger partial charge in [0.1, 0.15) is 5.58 Å². The van der Waals surface area contributed by atoms with Gasteiger partial charge in [-0.2, -0.15) is 0 Å². The Balaban J connectivity index is 1.32. The topological polar surface area (TPSA) is 71.8 Å². The van der Waals surface area contributed by atoms with Gasteiger partial charge < -0.3 is 14.1 Å². The van der Waals surface area contributed by atoms with Gasteiger partial charge in [0.2, 0.25) is 0 Å². The summed E-state index contributed by atoms with van der Waals surface area (Å²) in [6.07, 6.45) is 17.7. The summed E-state index contributed by atoms with van der Waals surface area (Å²) in [6, 6.07) is 15.0. The smallest absolute Gasteiger partial charge is 0.411 e. The van der Waals surface area contributed by atoms with Crippen molar-refractivity contribution >= 4 is 28.4 Å². The highest BCUT2D eigenvalue weighted by Gasteiger charge is 2.11. The quantitative estimate of drug-likeness (QED) is 0.107. The second-order valence-corrected chi connectivity index (χ2v) is 11.3. The van der Waals surface area contributed by atoms with Crippen LogP contribution in [0.25, 0.3) is 22.1 Å². The molecule has 0 saturated carbocycles. The summed E-state index contributed by atoms with van der Waals surface area (Å²) in [5.74, 6) is 0. The van der Waals surface area contributed by atoms with Crippen LogP contribution in [0.1, 0.15) is 111 Å². The molecular weight excluding hydrogens is 524 g/mol. The number of hydrogen-bond acceptors (Lipinski definition) is 5. The molecule has 0 spiro atoms. The minimum atomic E-state index is -0.452. The lowest BCUT2D eigenvalue weighted by atomic mass is 10.0. The van der Waals surface area contributed by atoms with Crippen LogP contribution < -0.4 is 15.8 Å². The van der Waals surface area contributed by atoms with Crippen molar-refractivity contribution in [3.05, 3.63) is 59.0 Å². The van der Waals surface area contributed by atoms with Crippen molar-refractivity contribution in [2.24, 2.45) is 0 Å².